The third-order valence-electron chi connectivity index (χ3n) is 3.79. The molecule has 0 fully saturated rings. The van der Waals surface area contributed by atoms with Gasteiger partial charge in [0, 0.05) is 0 Å². The fourth-order valence-electron chi connectivity index (χ4n) is 2.55. The van der Waals surface area contributed by atoms with E-state index in [4.69, 9.17) is 4.74 Å². The summed E-state index contributed by atoms with van der Waals surface area (Å²) in [5.41, 5.74) is 2.33. The molecule has 0 saturated heterocycles. The van der Waals surface area contributed by atoms with E-state index in [-0.39, 0.29) is 5.92 Å². The zero-order chi connectivity index (χ0) is 15.8. The quantitative estimate of drug-likeness (QED) is 0.651. The largest absolute Gasteiger partial charge is 0.493 e. The van der Waals surface area contributed by atoms with Gasteiger partial charge in [-0.2, -0.15) is 5.26 Å². The van der Waals surface area contributed by atoms with Gasteiger partial charge in [-0.1, -0.05) is 62.4 Å². The number of hydrogen-bond donors (Lipinski definition) is 0. The van der Waals surface area contributed by atoms with Gasteiger partial charge < -0.3 is 4.74 Å². The minimum atomic E-state index is -0.0508. The minimum absolute atomic E-state index is 0.0508. The Kier molecular flexibility index (Phi) is 6.03. The number of nitrogens with zero attached hydrogens (tertiary/aromatic N) is 1. The fourth-order valence-corrected chi connectivity index (χ4v) is 2.55. The Hall–Kier alpha value is -2.27. The topological polar surface area (TPSA) is 33.0 Å². The molecule has 2 nitrogen and oxygen atoms in total. The fraction of sp³-hybridized carbons (Fsp3) is 0.350. The molecule has 2 heteroatoms. The second kappa shape index (κ2) is 8.24. The first kappa shape index (κ1) is 16.1. The summed E-state index contributed by atoms with van der Waals surface area (Å²) in [7, 11) is 0. The molecule has 22 heavy (non-hydrogen) atoms. The molecule has 0 aliphatic rings. The third kappa shape index (κ3) is 4.36. The summed E-state index contributed by atoms with van der Waals surface area (Å²) < 4.78 is 5.92. The Labute approximate surface area is 133 Å². The lowest BCUT2D eigenvalue weighted by molar-refractivity contribution is 0.301. The molecule has 0 saturated carbocycles. The minimum Gasteiger partial charge on any atom is -0.493 e. The van der Waals surface area contributed by atoms with Gasteiger partial charge >= 0.3 is 0 Å². The number of hydrogen-bond acceptors (Lipinski definition) is 2. The van der Waals surface area contributed by atoms with Gasteiger partial charge in [-0.25, -0.2) is 0 Å². The smallest absolute Gasteiger partial charge is 0.122 e. The van der Waals surface area contributed by atoms with Gasteiger partial charge in [0.1, 0.15) is 5.75 Å². The van der Waals surface area contributed by atoms with Crippen molar-refractivity contribution in [1.29, 1.82) is 5.26 Å². The van der Waals surface area contributed by atoms with Crippen LogP contribution in [0.15, 0.2) is 54.6 Å². The van der Waals surface area contributed by atoms with Crippen LogP contribution in [-0.2, 0) is 0 Å². The maximum atomic E-state index is 9.32. The highest BCUT2D eigenvalue weighted by Crippen LogP contribution is 2.26. The molecule has 0 radical (unpaired) electrons. The van der Waals surface area contributed by atoms with E-state index in [1.165, 1.54) is 5.56 Å². The first-order valence-corrected chi connectivity index (χ1v) is 7.88. The van der Waals surface area contributed by atoms with Crippen LogP contribution in [0.1, 0.15) is 49.7 Å². The predicted octanol–water partition coefficient (Wildman–Crippen LogP) is 5.28. The van der Waals surface area contributed by atoms with E-state index in [0.717, 1.165) is 24.2 Å². The first-order chi connectivity index (χ1) is 10.7. The molecule has 1 unspecified atom stereocenters. The van der Waals surface area contributed by atoms with E-state index in [1.54, 1.807) is 0 Å². The van der Waals surface area contributed by atoms with Crippen LogP contribution in [0.4, 0.5) is 0 Å². The molecule has 0 heterocycles. The second-order valence-electron chi connectivity index (χ2n) is 5.78. The summed E-state index contributed by atoms with van der Waals surface area (Å²) in [5.74, 6) is 1.36. The summed E-state index contributed by atoms with van der Waals surface area (Å²) in [5, 5.41) is 9.32. The van der Waals surface area contributed by atoms with Crippen molar-refractivity contribution in [3.63, 3.8) is 0 Å². The molecule has 0 aliphatic heterocycles. The zero-order valence-electron chi connectivity index (χ0n) is 13.3. The first-order valence-electron chi connectivity index (χ1n) is 7.88. The zero-order valence-corrected chi connectivity index (χ0v) is 13.3. The van der Waals surface area contributed by atoms with Crippen molar-refractivity contribution >= 4 is 0 Å². The van der Waals surface area contributed by atoms with E-state index in [0.29, 0.717) is 12.5 Å². The molecule has 2 aromatic rings. The van der Waals surface area contributed by atoms with E-state index < -0.39 is 0 Å². The molecule has 0 spiro atoms. The molecule has 0 amide bonds. The van der Waals surface area contributed by atoms with Crippen LogP contribution in [0.2, 0.25) is 0 Å². The maximum absolute atomic E-state index is 9.32. The van der Waals surface area contributed by atoms with E-state index in [9.17, 15) is 5.26 Å². The molecule has 2 rings (SSSR count). The molecule has 114 valence electrons. The summed E-state index contributed by atoms with van der Waals surface area (Å²) in [6, 6.07) is 20.5. The lowest BCUT2D eigenvalue weighted by Crippen LogP contribution is -2.04. The maximum Gasteiger partial charge on any atom is 0.122 e. The van der Waals surface area contributed by atoms with Gasteiger partial charge in [0.2, 0.25) is 0 Å². The van der Waals surface area contributed by atoms with Gasteiger partial charge in [0.05, 0.1) is 18.6 Å². The summed E-state index contributed by atoms with van der Waals surface area (Å²) in [4.78, 5) is 0. The Morgan fingerprint density at radius 2 is 1.68 bits per heavy atom. The predicted molar refractivity (Wildman–Crippen MR) is 90.1 cm³/mol. The van der Waals surface area contributed by atoms with Crippen LogP contribution in [0.3, 0.4) is 0 Å². The monoisotopic (exact) mass is 293 g/mol. The van der Waals surface area contributed by atoms with Crippen molar-refractivity contribution in [2.45, 2.75) is 38.5 Å². The number of rotatable bonds is 7. The molecule has 0 N–H and O–H groups in total. The molecule has 0 bridgehead atoms. The molecule has 1 atom stereocenters. The Balaban J connectivity index is 1.86. The van der Waals surface area contributed by atoms with Gasteiger partial charge in [-0.3, -0.25) is 0 Å². The second-order valence-corrected chi connectivity index (χ2v) is 5.78. The summed E-state index contributed by atoms with van der Waals surface area (Å²) in [6.07, 6.45) is 1.70. The van der Waals surface area contributed by atoms with Crippen molar-refractivity contribution in [1.82, 2.24) is 0 Å². The van der Waals surface area contributed by atoms with Crippen LogP contribution in [-0.4, -0.2) is 6.61 Å². The van der Waals surface area contributed by atoms with Crippen molar-refractivity contribution in [3.05, 3.63) is 65.7 Å². The van der Waals surface area contributed by atoms with Crippen LogP contribution in [0.25, 0.3) is 0 Å². The van der Waals surface area contributed by atoms with Crippen LogP contribution in [0, 0.1) is 11.3 Å². The number of para-hydroxylation sites is 1. The highest BCUT2D eigenvalue weighted by molar-refractivity contribution is 5.35. The Morgan fingerprint density at radius 1 is 1.00 bits per heavy atom. The van der Waals surface area contributed by atoms with E-state index in [1.807, 2.05) is 48.5 Å². The van der Waals surface area contributed by atoms with Crippen LogP contribution >= 0.6 is 0 Å². The SMILES string of the molecule is CC(C)c1ccccc1OCCCC(C#N)c1ccccc1. The molecule has 0 aliphatic carbocycles. The van der Waals surface area contributed by atoms with Gasteiger partial charge in [-0.05, 0) is 36.0 Å². The van der Waals surface area contributed by atoms with E-state index >= 15 is 0 Å². The van der Waals surface area contributed by atoms with Gasteiger partial charge in [0.15, 0.2) is 0 Å². The lowest BCUT2D eigenvalue weighted by atomic mass is 9.96. The molecule has 0 aromatic heterocycles. The van der Waals surface area contributed by atoms with Crippen LogP contribution in [0.5, 0.6) is 5.75 Å². The average molecular weight is 293 g/mol. The summed E-state index contributed by atoms with van der Waals surface area (Å²) >= 11 is 0. The van der Waals surface area contributed by atoms with E-state index in [2.05, 4.69) is 26.0 Å². The Bertz CT molecular complexity index is 613. The van der Waals surface area contributed by atoms with Crippen molar-refractivity contribution in [2.24, 2.45) is 0 Å². The van der Waals surface area contributed by atoms with Gasteiger partial charge in [0.25, 0.3) is 0 Å². The molecule has 2 aromatic carbocycles. The molecular weight excluding hydrogens is 270 g/mol. The van der Waals surface area contributed by atoms with Crippen LogP contribution < -0.4 is 4.74 Å². The number of benzene rings is 2. The highest BCUT2D eigenvalue weighted by atomic mass is 16.5. The number of nitriles is 1. The lowest BCUT2D eigenvalue weighted by Gasteiger charge is -2.14. The number of ether oxygens (including phenoxy) is 1. The molecular formula is C20H23NO. The Morgan fingerprint density at radius 3 is 2.36 bits per heavy atom. The third-order valence-corrected chi connectivity index (χ3v) is 3.79. The normalized spacial score (nSPS) is 11.9. The van der Waals surface area contributed by atoms with Crippen molar-refractivity contribution in [2.75, 3.05) is 6.61 Å². The van der Waals surface area contributed by atoms with Crippen molar-refractivity contribution < 1.29 is 4.74 Å². The summed E-state index contributed by atoms with van der Waals surface area (Å²) in [6.45, 7) is 4.99. The highest BCUT2D eigenvalue weighted by Gasteiger charge is 2.10. The van der Waals surface area contributed by atoms with Crippen molar-refractivity contribution in [3.8, 4) is 11.8 Å². The average Bonchev–Trinajstić information content (AvgIpc) is 2.56. The van der Waals surface area contributed by atoms with Gasteiger partial charge in [-0.15, -0.1) is 0 Å². The standard InChI is InChI=1S/C20H23NO/c1-16(2)19-12-6-7-13-20(19)22-14-8-11-18(15-21)17-9-4-3-5-10-17/h3-7,9-10,12-13,16,18H,8,11,14H2,1-2H3.